The van der Waals surface area contributed by atoms with Gasteiger partial charge in [0.25, 0.3) is 5.91 Å². The van der Waals surface area contributed by atoms with Gasteiger partial charge in [-0.3, -0.25) is 10.1 Å². The Morgan fingerprint density at radius 3 is 2.70 bits per heavy atom. The van der Waals surface area contributed by atoms with E-state index < -0.39 is 0 Å². The number of amides is 1. The summed E-state index contributed by atoms with van der Waals surface area (Å²) in [6.45, 7) is 1.03. The molecule has 0 aliphatic rings. The zero-order valence-corrected chi connectivity index (χ0v) is 16.7. The van der Waals surface area contributed by atoms with Gasteiger partial charge in [-0.25, -0.2) is 4.98 Å². The molecular weight excluding hydrogens is 426 g/mol. The van der Waals surface area contributed by atoms with Crippen LogP contribution in [0.15, 0.2) is 70.5 Å². The summed E-state index contributed by atoms with van der Waals surface area (Å²) in [5.74, 6) is 1.16. The smallest absolute Gasteiger partial charge is 0.268 e. The van der Waals surface area contributed by atoms with Crippen LogP contribution in [0.5, 0.6) is 5.75 Å². The molecule has 0 spiro atoms. The zero-order valence-electron chi connectivity index (χ0n) is 14.3. The Morgan fingerprint density at radius 1 is 1.11 bits per heavy atom. The number of nitrogens with zero attached hydrogens (tertiary/aromatic N) is 2. The third-order valence-corrected chi connectivity index (χ3v) is 5.42. The molecule has 4 rings (SSSR count). The van der Waals surface area contributed by atoms with Crippen LogP contribution in [0.25, 0.3) is 11.0 Å². The van der Waals surface area contributed by atoms with Crippen molar-refractivity contribution >= 4 is 50.2 Å². The first kappa shape index (κ1) is 17.8. The van der Waals surface area contributed by atoms with Gasteiger partial charge < -0.3 is 9.30 Å². The number of thiophene rings is 1. The van der Waals surface area contributed by atoms with Crippen LogP contribution in [-0.2, 0) is 6.54 Å². The molecule has 0 bridgehead atoms. The maximum atomic E-state index is 12.4. The Bertz CT molecular complexity index is 1060. The molecule has 27 heavy (non-hydrogen) atoms. The second-order valence-corrected chi connectivity index (χ2v) is 7.67. The van der Waals surface area contributed by atoms with Crippen LogP contribution in [0.3, 0.4) is 0 Å². The highest BCUT2D eigenvalue weighted by Gasteiger charge is 2.15. The van der Waals surface area contributed by atoms with Gasteiger partial charge in [-0.15, -0.1) is 11.3 Å². The highest BCUT2D eigenvalue weighted by molar-refractivity contribution is 9.10. The third kappa shape index (κ3) is 4.04. The van der Waals surface area contributed by atoms with Gasteiger partial charge in [0.05, 0.1) is 22.5 Å². The molecule has 0 saturated heterocycles. The number of fused-ring (bicyclic) bond motifs is 1. The molecule has 0 aliphatic carbocycles. The van der Waals surface area contributed by atoms with Crippen molar-refractivity contribution < 1.29 is 9.53 Å². The Kier molecular flexibility index (Phi) is 5.22. The number of aromatic nitrogens is 2. The lowest BCUT2D eigenvalue weighted by molar-refractivity contribution is 0.102. The first-order valence-electron chi connectivity index (χ1n) is 8.39. The number of halogens is 1. The first-order chi connectivity index (χ1) is 13.2. The van der Waals surface area contributed by atoms with Crippen LogP contribution in [0.2, 0.25) is 0 Å². The van der Waals surface area contributed by atoms with Crippen molar-refractivity contribution in [1.82, 2.24) is 9.55 Å². The molecule has 2 heterocycles. The normalized spacial score (nSPS) is 10.9. The number of carbonyl (C=O) groups excluding carboxylic acids is 1. The van der Waals surface area contributed by atoms with E-state index in [1.54, 1.807) is 6.07 Å². The van der Waals surface area contributed by atoms with E-state index in [-0.39, 0.29) is 5.91 Å². The summed E-state index contributed by atoms with van der Waals surface area (Å²) in [7, 11) is 0. The van der Waals surface area contributed by atoms with Gasteiger partial charge in [-0.1, -0.05) is 34.1 Å². The van der Waals surface area contributed by atoms with E-state index in [1.165, 1.54) is 11.3 Å². The average Bonchev–Trinajstić information content (AvgIpc) is 3.32. The molecule has 4 aromatic rings. The maximum absolute atomic E-state index is 12.4. The minimum absolute atomic E-state index is 0.157. The lowest BCUT2D eigenvalue weighted by atomic mass is 10.3. The minimum Gasteiger partial charge on any atom is -0.492 e. The number of anilines is 1. The predicted molar refractivity (Wildman–Crippen MR) is 112 cm³/mol. The van der Waals surface area contributed by atoms with E-state index in [1.807, 2.05) is 64.5 Å². The van der Waals surface area contributed by atoms with Gasteiger partial charge in [-0.2, -0.15) is 0 Å². The van der Waals surface area contributed by atoms with E-state index in [0.29, 0.717) is 24.0 Å². The van der Waals surface area contributed by atoms with Gasteiger partial charge in [0.1, 0.15) is 12.4 Å². The molecule has 0 unspecified atom stereocenters. The highest BCUT2D eigenvalue weighted by Crippen LogP contribution is 2.21. The van der Waals surface area contributed by atoms with E-state index in [4.69, 9.17) is 4.74 Å². The number of ether oxygens (including phenoxy) is 1. The van der Waals surface area contributed by atoms with Crippen LogP contribution in [0, 0.1) is 0 Å². The molecule has 2 aromatic carbocycles. The summed E-state index contributed by atoms with van der Waals surface area (Å²) in [5, 5.41) is 4.80. The molecule has 5 nitrogen and oxygen atoms in total. The second-order valence-electron chi connectivity index (χ2n) is 5.81. The van der Waals surface area contributed by atoms with Crippen LogP contribution in [0.4, 0.5) is 5.95 Å². The Balaban J connectivity index is 1.54. The molecule has 0 fully saturated rings. The zero-order chi connectivity index (χ0) is 18.6. The first-order valence-corrected chi connectivity index (χ1v) is 10.1. The fraction of sp³-hybridized carbons (Fsp3) is 0.100. The van der Waals surface area contributed by atoms with Crippen molar-refractivity contribution in [2.75, 3.05) is 11.9 Å². The molecular formula is C20H16BrN3O2S. The molecule has 0 aliphatic heterocycles. The molecule has 1 N–H and O–H groups in total. The van der Waals surface area contributed by atoms with Gasteiger partial charge in [0, 0.05) is 4.47 Å². The minimum atomic E-state index is -0.157. The summed E-state index contributed by atoms with van der Waals surface area (Å²) in [6, 6.07) is 19.2. The lowest BCUT2D eigenvalue weighted by Gasteiger charge is -2.11. The molecule has 0 atom stereocenters. The SMILES string of the molecule is O=C(Nc1nc2ccccc2n1CCOc1ccc(Br)cc1)c1cccs1. The van der Waals surface area contributed by atoms with E-state index >= 15 is 0 Å². The quantitative estimate of drug-likeness (QED) is 0.447. The maximum Gasteiger partial charge on any atom is 0.268 e. The van der Waals surface area contributed by atoms with Crippen molar-refractivity contribution in [2.24, 2.45) is 0 Å². The van der Waals surface area contributed by atoms with Crippen molar-refractivity contribution in [3.63, 3.8) is 0 Å². The number of benzene rings is 2. The van der Waals surface area contributed by atoms with Gasteiger partial charge in [-0.05, 0) is 47.8 Å². The number of carbonyl (C=O) groups is 1. The van der Waals surface area contributed by atoms with Crippen molar-refractivity contribution in [2.45, 2.75) is 6.54 Å². The number of nitrogens with one attached hydrogen (secondary N) is 1. The molecule has 0 radical (unpaired) electrons. The van der Waals surface area contributed by atoms with Crippen molar-refractivity contribution in [3.8, 4) is 5.75 Å². The molecule has 1 amide bonds. The average molecular weight is 442 g/mol. The molecule has 0 saturated carbocycles. The van der Waals surface area contributed by atoms with Crippen molar-refractivity contribution in [1.29, 1.82) is 0 Å². The van der Waals surface area contributed by atoms with E-state index in [0.717, 1.165) is 21.3 Å². The lowest BCUT2D eigenvalue weighted by Crippen LogP contribution is -2.17. The highest BCUT2D eigenvalue weighted by atomic mass is 79.9. The van der Waals surface area contributed by atoms with Gasteiger partial charge in [0.15, 0.2) is 0 Å². The monoisotopic (exact) mass is 441 g/mol. The summed E-state index contributed by atoms with van der Waals surface area (Å²) in [6.07, 6.45) is 0. The molecule has 2 aromatic heterocycles. The second kappa shape index (κ2) is 7.94. The van der Waals surface area contributed by atoms with Gasteiger partial charge in [0.2, 0.25) is 5.95 Å². The Labute approximate surface area is 168 Å². The number of hydrogen-bond acceptors (Lipinski definition) is 4. The molecule has 136 valence electrons. The van der Waals surface area contributed by atoms with Crippen molar-refractivity contribution in [3.05, 3.63) is 75.4 Å². The fourth-order valence-electron chi connectivity index (χ4n) is 2.75. The standard InChI is InChI=1S/C20H16BrN3O2S/c21-14-7-9-15(10-8-14)26-12-11-24-17-5-2-1-4-16(17)22-20(24)23-19(25)18-6-3-13-27-18/h1-10,13H,11-12H2,(H,22,23,25). The fourth-order valence-corrected chi connectivity index (χ4v) is 3.64. The van der Waals surface area contributed by atoms with Gasteiger partial charge >= 0.3 is 0 Å². The summed E-state index contributed by atoms with van der Waals surface area (Å²) in [5.41, 5.74) is 1.79. The summed E-state index contributed by atoms with van der Waals surface area (Å²) < 4.78 is 8.82. The van der Waals surface area contributed by atoms with Crippen LogP contribution in [-0.4, -0.2) is 22.1 Å². The van der Waals surface area contributed by atoms with E-state index in [2.05, 4.69) is 26.2 Å². The Hall–Kier alpha value is -2.64. The number of para-hydroxylation sites is 2. The number of hydrogen-bond donors (Lipinski definition) is 1. The topological polar surface area (TPSA) is 56.2 Å². The van der Waals surface area contributed by atoms with Crippen LogP contribution >= 0.6 is 27.3 Å². The van der Waals surface area contributed by atoms with E-state index in [9.17, 15) is 4.79 Å². The molecule has 7 heteroatoms. The summed E-state index contributed by atoms with van der Waals surface area (Å²) in [4.78, 5) is 17.7. The predicted octanol–water partition coefficient (Wildman–Crippen LogP) is 5.19. The number of imidazole rings is 1. The van der Waals surface area contributed by atoms with Crippen LogP contribution in [0.1, 0.15) is 9.67 Å². The Morgan fingerprint density at radius 2 is 1.93 bits per heavy atom. The third-order valence-electron chi connectivity index (χ3n) is 4.02. The largest absolute Gasteiger partial charge is 0.492 e. The summed E-state index contributed by atoms with van der Waals surface area (Å²) >= 11 is 4.82. The number of rotatable bonds is 6. The van der Waals surface area contributed by atoms with Crippen LogP contribution < -0.4 is 10.1 Å².